The summed E-state index contributed by atoms with van der Waals surface area (Å²) in [5.74, 6) is -0.840. The first-order chi connectivity index (χ1) is 6.59. The van der Waals surface area contributed by atoms with Crippen LogP contribution in [0.5, 0.6) is 0 Å². The van der Waals surface area contributed by atoms with Crippen LogP contribution < -0.4 is 5.32 Å². The Morgan fingerprint density at radius 2 is 1.67 bits per heavy atom. The lowest BCUT2D eigenvalue weighted by Crippen LogP contribution is -2.40. The normalized spacial score (nSPS) is 12.5. The fourth-order valence-electron chi connectivity index (χ4n) is 0.620. The molecule has 0 unspecified atom stereocenters. The van der Waals surface area contributed by atoms with Crippen LogP contribution in [-0.2, 0) is 25.0 Å². The van der Waals surface area contributed by atoms with Crippen molar-refractivity contribution in [1.29, 1.82) is 0 Å². The molecular formula is C5H9NO7S2. The van der Waals surface area contributed by atoms with E-state index in [0.29, 0.717) is 0 Å². The van der Waals surface area contributed by atoms with E-state index in [4.69, 9.17) is 9.11 Å². The Labute approximate surface area is 86.5 Å². The van der Waals surface area contributed by atoms with Crippen LogP contribution in [-0.4, -0.2) is 43.0 Å². The molecule has 88 valence electrons. The van der Waals surface area contributed by atoms with Crippen LogP contribution in [0.2, 0.25) is 0 Å². The highest BCUT2D eigenvalue weighted by atomic mass is 32.3. The molecule has 0 bridgehead atoms. The van der Waals surface area contributed by atoms with Gasteiger partial charge in [0.25, 0.3) is 20.2 Å². The molecule has 0 aliphatic heterocycles. The highest BCUT2D eigenvalue weighted by Crippen LogP contribution is 2.05. The molecule has 0 fully saturated rings. The lowest BCUT2D eigenvalue weighted by Gasteiger charge is -2.10. The summed E-state index contributed by atoms with van der Waals surface area (Å²) in [5.41, 5.74) is 0. The molecule has 0 aromatic rings. The quantitative estimate of drug-likeness (QED) is 0.399. The van der Waals surface area contributed by atoms with Gasteiger partial charge in [0, 0.05) is 0 Å². The Hall–Kier alpha value is -0.970. The largest absolute Gasteiger partial charge is 0.350 e. The topological polar surface area (TPSA) is 138 Å². The van der Waals surface area contributed by atoms with Gasteiger partial charge in [-0.3, -0.25) is 13.9 Å². The lowest BCUT2D eigenvalue weighted by molar-refractivity contribution is -0.116. The molecular weight excluding hydrogens is 250 g/mol. The second-order valence-corrected chi connectivity index (χ2v) is 5.91. The summed E-state index contributed by atoms with van der Waals surface area (Å²) in [6.07, 6.45) is 0.769. The summed E-state index contributed by atoms with van der Waals surface area (Å²) in [6.45, 7) is 2.06. The first kappa shape index (κ1) is 14.0. The number of rotatable bonds is 5. The second-order valence-electron chi connectivity index (χ2n) is 2.41. The van der Waals surface area contributed by atoms with Crippen LogP contribution in [0.3, 0.4) is 0 Å². The molecule has 0 aliphatic carbocycles. The van der Waals surface area contributed by atoms with E-state index < -0.39 is 37.3 Å². The van der Waals surface area contributed by atoms with Crippen molar-refractivity contribution in [1.82, 2.24) is 5.32 Å². The van der Waals surface area contributed by atoms with Crippen molar-refractivity contribution in [3.63, 3.8) is 0 Å². The van der Waals surface area contributed by atoms with Crippen LogP contribution in [0.1, 0.15) is 0 Å². The fourth-order valence-corrected chi connectivity index (χ4v) is 2.44. The Balaban J connectivity index is 4.87. The van der Waals surface area contributed by atoms with Gasteiger partial charge in [0.05, 0.1) is 6.54 Å². The lowest BCUT2D eigenvalue weighted by atomic mass is 10.5. The summed E-state index contributed by atoms with van der Waals surface area (Å²) in [7, 11) is -10.0. The molecule has 0 saturated heterocycles. The zero-order chi connectivity index (χ0) is 12.3. The van der Waals surface area contributed by atoms with Crippen molar-refractivity contribution in [2.45, 2.75) is 4.58 Å². The third-order valence-corrected chi connectivity index (χ3v) is 4.41. The molecule has 0 atom stereocenters. The highest BCUT2D eigenvalue weighted by Gasteiger charge is 2.35. The Bertz CT molecular complexity index is 416. The predicted molar refractivity (Wildman–Crippen MR) is 50.1 cm³/mol. The average Bonchev–Trinajstić information content (AvgIpc) is 1.99. The molecule has 0 aromatic heterocycles. The second kappa shape index (κ2) is 4.70. The van der Waals surface area contributed by atoms with E-state index in [2.05, 4.69) is 6.58 Å². The zero-order valence-electron chi connectivity index (χ0n) is 7.32. The van der Waals surface area contributed by atoms with E-state index in [-0.39, 0.29) is 0 Å². The molecule has 0 heterocycles. The minimum absolute atomic E-state index is 0.769. The number of nitrogens with one attached hydrogen (secondary N) is 1. The summed E-state index contributed by atoms with van der Waals surface area (Å²) in [6, 6.07) is 0. The standard InChI is InChI=1S/C5H9NO7S2/c1-2-4(7)6-3-5(14(8,9)10)15(11,12)13/h2,5H,1,3H2,(H,6,7)(H,8,9,10)(H,11,12,13). The Kier molecular flexibility index (Phi) is 4.40. The van der Waals surface area contributed by atoms with E-state index in [0.717, 1.165) is 6.08 Å². The molecule has 10 heteroatoms. The van der Waals surface area contributed by atoms with Gasteiger partial charge < -0.3 is 5.32 Å². The van der Waals surface area contributed by atoms with Crippen molar-refractivity contribution in [3.8, 4) is 0 Å². The zero-order valence-corrected chi connectivity index (χ0v) is 8.95. The van der Waals surface area contributed by atoms with E-state index in [1.54, 1.807) is 0 Å². The van der Waals surface area contributed by atoms with Gasteiger partial charge in [-0.15, -0.1) is 0 Å². The van der Waals surface area contributed by atoms with Gasteiger partial charge in [-0.1, -0.05) is 6.58 Å². The predicted octanol–water partition coefficient (Wildman–Crippen LogP) is -1.61. The summed E-state index contributed by atoms with van der Waals surface area (Å²) < 4.78 is 56.5. The highest BCUT2D eigenvalue weighted by molar-refractivity contribution is 8.04. The SMILES string of the molecule is C=CC(=O)NCC(S(=O)(=O)O)S(=O)(=O)O. The first-order valence-electron chi connectivity index (χ1n) is 3.42. The van der Waals surface area contributed by atoms with Crippen LogP contribution in [0.25, 0.3) is 0 Å². The van der Waals surface area contributed by atoms with Gasteiger partial charge >= 0.3 is 0 Å². The van der Waals surface area contributed by atoms with Crippen LogP contribution in [0.4, 0.5) is 0 Å². The van der Waals surface area contributed by atoms with Crippen molar-refractivity contribution >= 4 is 26.1 Å². The summed E-state index contributed by atoms with van der Waals surface area (Å²) in [4.78, 5) is 10.6. The number of hydrogen-bond donors (Lipinski definition) is 3. The minimum atomic E-state index is -5.01. The molecule has 0 radical (unpaired) electrons. The van der Waals surface area contributed by atoms with Gasteiger partial charge in [-0.05, 0) is 6.08 Å². The molecule has 0 aromatic carbocycles. The van der Waals surface area contributed by atoms with Crippen molar-refractivity contribution < 1.29 is 30.7 Å². The van der Waals surface area contributed by atoms with Gasteiger partial charge in [-0.25, -0.2) is 0 Å². The van der Waals surface area contributed by atoms with Gasteiger partial charge in [0.2, 0.25) is 10.5 Å². The third-order valence-electron chi connectivity index (χ3n) is 1.29. The Morgan fingerprint density at radius 3 is 1.93 bits per heavy atom. The van der Waals surface area contributed by atoms with Crippen molar-refractivity contribution in [2.24, 2.45) is 0 Å². The van der Waals surface area contributed by atoms with E-state index in [1.165, 1.54) is 0 Å². The summed E-state index contributed by atoms with van der Waals surface area (Å²) >= 11 is 0. The van der Waals surface area contributed by atoms with E-state index in [1.807, 2.05) is 5.32 Å². The number of amides is 1. The molecule has 0 spiro atoms. The Morgan fingerprint density at radius 1 is 1.27 bits per heavy atom. The third kappa shape index (κ3) is 4.88. The number of hydrogen-bond acceptors (Lipinski definition) is 5. The number of carbonyl (C=O) groups is 1. The van der Waals surface area contributed by atoms with E-state index >= 15 is 0 Å². The maximum absolute atomic E-state index is 10.6. The molecule has 3 N–H and O–H groups in total. The molecule has 8 nitrogen and oxygen atoms in total. The minimum Gasteiger partial charge on any atom is -0.350 e. The van der Waals surface area contributed by atoms with E-state index in [9.17, 15) is 21.6 Å². The molecule has 0 aliphatic rings. The maximum Gasteiger partial charge on any atom is 0.286 e. The smallest absolute Gasteiger partial charge is 0.286 e. The molecule has 0 saturated carbocycles. The van der Waals surface area contributed by atoms with Gasteiger partial charge in [0.1, 0.15) is 0 Å². The fraction of sp³-hybridized carbons (Fsp3) is 0.400. The maximum atomic E-state index is 10.6. The van der Waals surface area contributed by atoms with Crippen LogP contribution >= 0.6 is 0 Å². The average molecular weight is 259 g/mol. The van der Waals surface area contributed by atoms with Crippen LogP contribution in [0.15, 0.2) is 12.7 Å². The van der Waals surface area contributed by atoms with Crippen molar-refractivity contribution in [3.05, 3.63) is 12.7 Å². The van der Waals surface area contributed by atoms with Gasteiger partial charge in [0.15, 0.2) is 0 Å². The summed E-state index contributed by atoms with van der Waals surface area (Å²) in [5, 5.41) is 1.81. The first-order valence-corrected chi connectivity index (χ1v) is 6.42. The molecule has 0 rings (SSSR count). The van der Waals surface area contributed by atoms with Crippen molar-refractivity contribution in [2.75, 3.05) is 6.54 Å². The number of carbonyl (C=O) groups excluding carboxylic acids is 1. The molecule has 1 amide bonds. The monoisotopic (exact) mass is 259 g/mol. The van der Waals surface area contributed by atoms with Crippen LogP contribution in [0, 0.1) is 0 Å². The molecule has 15 heavy (non-hydrogen) atoms. The van der Waals surface area contributed by atoms with Gasteiger partial charge in [-0.2, -0.15) is 16.8 Å².